The molecule has 16 atom stereocenters. The third-order valence-electron chi connectivity index (χ3n) is 12.2. The van der Waals surface area contributed by atoms with Crippen molar-refractivity contribution in [2.45, 2.75) is 162 Å². The molecule has 10 heteroatoms. The fraction of sp³-hybridized carbons (Fsp3) is 0.943. The summed E-state index contributed by atoms with van der Waals surface area (Å²) >= 11 is 0. The smallest absolute Gasteiger partial charge is 0.311 e. The van der Waals surface area contributed by atoms with Gasteiger partial charge in [-0.1, -0.05) is 62.3 Å². The Kier molecular flexibility index (Phi) is 11.7. The molecule has 5 N–H and O–H groups in total. The van der Waals surface area contributed by atoms with Crippen LogP contribution in [0.15, 0.2) is 0 Å². The molecule has 0 aromatic heterocycles. The normalized spacial score (nSPS) is 44.6. The Hall–Kier alpha value is -1.14. The van der Waals surface area contributed by atoms with Crippen molar-refractivity contribution in [3.05, 3.63) is 0 Å². The summed E-state index contributed by atoms with van der Waals surface area (Å²) in [4.78, 5) is 25.9. The van der Waals surface area contributed by atoms with E-state index in [2.05, 4.69) is 0 Å². The molecule has 3 rings (SSSR count). The molecule has 3 saturated heterocycles. The minimum absolute atomic E-state index is 0.0790. The molecule has 262 valence electrons. The number of carbonyl (C=O) groups is 2. The van der Waals surface area contributed by atoms with E-state index in [9.17, 15) is 35.1 Å². The van der Waals surface area contributed by atoms with Gasteiger partial charge in [0.1, 0.15) is 17.3 Å². The number of carboxylic acids is 1. The first-order chi connectivity index (χ1) is 20.7. The Labute approximate surface area is 270 Å². The number of aliphatic hydroxyl groups is 4. The molecule has 0 aliphatic carbocycles. The summed E-state index contributed by atoms with van der Waals surface area (Å²) in [5.74, 6) is -8.84. The van der Waals surface area contributed by atoms with Crippen molar-refractivity contribution in [3.8, 4) is 0 Å². The van der Waals surface area contributed by atoms with Gasteiger partial charge >= 0.3 is 5.97 Å². The van der Waals surface area contributed by atoms with Crippen LogP contribution in [0.1, 0.15) is 115 Å². The lowest BCUT2D eigenvalue weighted by Gasteiger charge is -2.49. The second-order valence-electron chi connectivity index (χ2n) is 15.3. The van der Waals surface area contributed by atoms with Gasteiger partial charge in [0.15, 0.2) is 11.6 Å². The van der Waals surface area contributed by atoms with E-state index in [1.165, 1.54) is 6.92 Å². The Morgan fingerprint density at radius 3 is 1.98 bits per heavy atom. The monoisotopic (exact) mass is 642 g/mol. The van der Waals surface area contributed by atoms with Crippen molar-refractivity contribution in [2.24, 2.45) is 47.3 Å². The summed E-state index contributed by atoms with van der Waals surface area (Å²) in [5, 5.41) is 55.4. The van der Waals surface area contributed by atoms with Gasteiger partial charge in [-0.2, -0.15) is 0 Å². The first kappa shape index (κ1) is 38.3. The molecule has 3 aliphatic heterocycles. The minimum atomic E-state index is -1.89. The van der Waals surface area contributed by atoms with Crippen LogP contribution in [0.5, 0.6) is 0 Å². The fourth-order valence-electron chi connectivity index (χ4n) is 9.06. The molecule has 2 unspecified atom stereocenters. The zero-order valence-corrected chi connectivity index (χ0v) is 29.4. The Bertz CT molecular complexity index is 1050. The Morgan fingerprint density at radius 1 is 0.867 bits per heavy atom. The van der Waals surface area contributed by atoms with E-state index in [1.807, 2.05) is 48.5 Å². The second-order valence-corrected chi connectivity index (χ2v) is 15.3. The van der Waals surface area contributed by atoms with Gasteiger partial charge < -0.3 is 39.7 Å². The lowest BCUT2D eigenvalue weighted by molar-refractivity contribution is -0.332. The standard InChI is InChI=1S/C35H62O10/c1-12-25(30-19(5)16-32(11,43-30)35(42)21(7)17-33(14-3,45-35)26(36)13-2)28(38)22(8)27(37)23(9)29-18(4)15-20(6)34(41,44-29)24(10)31(39)40/h18-27,29-30,36-37,41-42H,12-17H2,1-11H3,(H,39,40)/t18-,19-,20+,21+,22-,23-,24+,25-,26-,27+,29?,30?,32-,33+,34+,35+/m0/s1. The van der Waals surface area contributed by atoms with Crippen molar-refractivity contribution in [3.63, 3.8) is 0 Å². The van der Waals surface area contributed by atoms with Crippen LogP contribution in [0.25, 0.3) is 0 Å². The zero-order chi connectivity index (χ0) is 34.4. The van der Waals surface area contributed by atoms with Crippen molar-refractivity contribution in [1.29, 1.82) is 0 Å². The second kappa shape index (κ2) is 13.8. The molecule has 3 heterocycles. The molecule has 45 heavy (non-hydrogen) atoms. The van der Waals surface area contributed by atoms with Crippen molar-refractivity contribution in [2.75, 3.05) is 0 Å². The number of hydrogen-bond donors (Lipinski definition) is 5. The number of carbonyl (C=O) groups excluding carboxylic acids is 1. The molecular weight excluding hydrogens is 580 g/mol. The van der Waals surface area contributed by atoms with E-state index >= 15 is 0 Å². The highest BCUT2D eigenvalue weighted by Gasteiger charge is 2.67. The number of ketones is 1. The SMILES string of the molecule is CC[C@@H](C(=O)[C@@H](C)[C@@H](O)[C@H](C)C1O[C@@](O)([C@H](C)C(=O)O)[C@H](C)C[C@@H]1C)C1O[C@](C)([C@]2(O)O[C@@](CC)([C@@H](O)CC)C[C@H]2C)C[C@@H]1C. The fourth-order valence-corrected chi connectivity index (χ4v) is 9.06. The maximum atomic E-state index is 14.1. The summed E-state index contributed by atoms with van der Waals surface area (Å²) in [5.41, 5.74) is -1.99. The van der Waals surface area contributed by atoms with Gasteiger partial charge in [-0.3, -0.25) is 9.59 Å². The van der Waals surface area contributed by atoms with Gasteiger partial charge in [0.2, 0.25) is 0 Å². The average molecular weight is 643 g/mol. The maximum absolute atomic E-state index is 14.1. The average Bonchev–Trinajstić information content (AvgIpc) is 3.46. The van der Waals surface area contributed by atoms with Gasteiger partial charge in [-0.25, -0.2) is 0 Å². The van der Waals surface area contributed by atoms with E-state index < -0.39 is 82.8 Å². The van der Waals surface area contributed by atoms with Crippen LogP contribution in [-0.2, 0) is 23.8 Å². The summed E-state index contributed by atoms with van der Waals surface area (Å²) in [6.07, 6.45) is -0.0253. The van der Waals surface area contributed by atoms with Crippen molar-refractivity contribution in [1.82, 2.24) is 0 Å². The first-order valence-electron chi connectivity index (χ1n) is 17.3. The zero-order valence-electron chi connectivity index (χ0n) is 29.4. The largest absolute Gasteiger partial charge is 0.481 e. The third kappa shape index (κ3) is 6.51. The van der Waals surface area contributed by atoms with Gasteiger partial charge in [0, 0.05) is 29.6 Å². The number of ether oxygens (including phenoxy) is 3. The number of carboxylic acid groups (broad SMARTS) is 1. The lowest BCUT2D eigenvalue weighted by Crippen LogP contribution is -2.58. The Morgan fingerprint density at radius 2 is 1.47 bits per heavy atom. The highest BCUT2D eigenvalue weighted by Crippen LogP contribution is 2.56. The molecule has 0 amide bonds. The first-order valence-corrected chi connectivity index (χ1v) is 17.3. The van der Waals surface area contributed by atoms with Gasteiger partial charge in [-0.15, -0.1) is 0 Å². The molecule has 0 aromatic carbocycles. The maximum Gasteiger partial charge on any atom is 0.311 e. The van der Waals surface area contributed by atoms with Crippen molar-refractivity contribution < 1.29 is 49.3 Å². The minimum Gasteiger partial charge on any atom is -0.481 e. The highest BCUT2D eigenvalue weighted by atomic mass is 16.7. The quantitative estimate of drug-likeness (QED) is 0.193. The summed E-state index contributed by atoms with van der Waals surface area (Å²) < 4.78 is 19.2. The Balaban J connectivity index is 1.80. The van der Waals surface area contributed by atoms with Gasteiger partial charge in [0.05, 0.1) is 30.0 Å². The molecule has 0 spiro atoms. The van der Waals surface area contributed by atoms with E-state index in [4.69, 9.17) is 14.2 Å². The number of hydrogen-bond acceptors (Lipinski definition) is 9. The summed E-state index contributed by atoms with van der Waals surface area (Å²) in [7, 11) is 0. The highest BCUT2D eigenvalue weighted by molar-refractivity contribution is 5.84. The van der Waals surface area contributed by atoms with Crippen LogP contribution < -0.4 is 0 Å². The molecular formula is C35H62O10. The van der Waals surface area contributed by atoms with E-state index in [-0.39, 0.29) is 23.5 Å². The third-order valence-corrected chi connectivity index (χ3v) is 12.2. The van der Waals surface area contributed by atoms with Gasteiger partial charge in [-0.05, 0) is 64.2 Å². The molecule has 3 aliphatic rings. The van der Waals surface area contributed by atoms with Crippen LogP contribution in [0, 0.1) is 47.3 Å². The molecule has 0 radical (unpaired) electrons. The number of aliphatic carboxylic acids is 1. The lowest BCUT2D eigenvalue weighted by atomic mass is 9.72. The van der Waals surface area contributed by atoms with Crippen LogP contribution in [0.4, 0.5) is 0 Å². The van der Waals surface area contributed by atoms with E-state index in [0.29, 0.717) is 38.5 Å². The number of Topliss-reactive ketones (excluding diaryl/α,β-unsaturated/α-hetero) is 1. The summed E-state index contributed by atoms with van der Waals surface area (Å²) in [6, 6.07) is 0. The molecule has 3 fully saturated rings. The number of rotatable bonds is 13. The molecule has 0 aromatic rings. The number of aliphatic hydroxyl groups excluding tert-OH is 2. The molecule has 0 saturated carbocycles. The molecule has 0 bridgehead atoms. The predicted molar refractivity (Wildman–Crippen MR) is 169 cm³/mol. The van der Waals surface area contributed by atoms with Gasteiger partial charge in [0.25, 0.3) is 0 Å². The van der Waals surface area contributed by atoms with Crippen LogP contribution in [0.2, 0.25) is 0 Å². The van der Waals surface area contributed by atoms with E-state index in [0.717, 1.165) is 0 Å². The topological polar surface area (TPSA) is 163 Å². The molecule has 10 nitrogen and oxygen atoms in total. The predicted octanol–water partition coefficient (Wildman–Crippen LogP) is 4.53. The summed E-state index contributed by atoms with van der Waals surface area (Å²) in [6.45, 7) is 20.2. The van der Waals surface area contributed by atoms with Crippen molar-refractivity contribution >= 4 is 11.8 Å². The van der Waals surface area contributed by atoms with Crippen LogP contribution in [0.3, 0.4) is 0 Å². The van der Waals surface area contributed by atoms with Crippen LogP contribution >= 0.6 is 0 Å². The van der Waals surface area contributed by atoms with Crippen LogP contribution in [-0.4, -0.2) is 84.5 Å². The van der Waals surface area contributed by atoms with E-state index in [1.54, 1.807) is 20.8 Å².